The molecule has 1 aromatic carbocycles. The molecule has 2 aromatic rings. The number of hydrogen-bond donors (Lipinski definition) is 2. The first-order valence-electron chi connectivity index (χ1n) is 7.16. The van der Waals surface area contributed by atoms with Crippen molar-refractivity contribution >= 4 is 49.9 Å². The van der Waals surface area contributed by atoms with E-state index >= 15 is 0 Å². The number of amides is 2. The Balaban J connectivity index is 1.65. The van der Waals surface area contributed by atoms with Crippen molar-refractivity contribution in [2.45, 2.75) is 12.8 Å². The molecule has 2 rings (SSSR count). The summed E-state index contributed by atoms with van der Waals surface area (Å²) in [4.78, 5) is 23.6. The number of benzene rings is 1. The lowest BCUT2D eigenvalue weighted by Gasteiger charge is -2.06. The lowest BCUT2D eigenvalue weighted by Crippen LogP contribution is -2.26. The third kappa shape index (κ3) is 5.93. The van der Waals surface area contributed by atoms with Crippen LogP contribution in [-0.2, 0) is 4.79 Å². The SMILES string of the molecule is O=C(CCCNC(=O)c1ccccc1Br)N/N=C\c1ccc(Br)o1. The van der Waals surface area contributed by atoms with E-state index in [0.717, 1.165) is 4.47 Å². The molecule has 1 aromatic heterocycles. The molecule has 2 N–H and O–H groups in total. The zero-order valence-electron chi connectivity index (χ0n) is 12.6. The average molecular weight is 457 g/mol. The minimum atomic E-state index is -0.230. The predicted octanol–water partition coefficient (Wildman–Crippen LogP) is 3.46. The minimum absolute atomic E-state index is 0.177. The predicted molar refractivity (Wildman–Crippen MR) is 97.9 cm³/mol. The van der Waals surface area contributed by atoms with Gasteiger partial charge in [-0.05, 0) is 62.5 Å². The van der Waals surface area contributed by atoms with Crippen LogP contribution in [0, 0.1) is 0 Å². The van der Waals surface area contributed by atoms with Gasteiger partial charge in [0, 0.05) is 17.4 Å². The Morgan fingerprint density at radius 3 is 2.67 bits per heavy atom. The Hall–Kier alpha value is -1.93. The molecule has 0 fully saturated rings. The molecule has 126 valence electrons. The molecule has 0 aliphatic heterocycles. The zero-order chi connectivity index (χ0) is 17.4. The van der Waals surface area contributed by atoms with Crippen molar-refractivity contribution < 1.29 is 14.0 Å². The fourth-order valence-corrected chi connectivity index (χ4v) is 2.60. The highest BCUT2D eigenvalue weighted by atomic mass is 79.9. The maximum Gasteiger partial charge on any atom is 0.252 e. The molecule has 0 saturated carbocycles. The number of nitrogens with one attached hydrogen (secondary N) is 2. The fraction of sp³-hybridized carbons (Fsp3) is 0.188. The van der Waals surface area contributed by atoms with Crippen LogP contribution >= 0.6 is 31.9 Å². The monoisotopic (exact) mass is 455 g/mol. The molecule has 1 heterocycles. The average Bonchev–Trinajstić information content (AvgIpc) is 2.97. The highest BCUT2D eigenvalue weighted by molar-refractivity contribution is 9.10. The summed E-state index contributed by atoms with van der Waals surface area (Å²) in [7, 11) is 0. The first-order chi connectivity index (χ1) is 11.6. The van der Waals surface area contributed by atoms with Gasteiger partial charge in [0.05, 0.1) is 11.8 Å². The third-order valence-corrected chi connectivity index (χ3v) is 4.08. The molecular formula is C16H15Br2N3O3. The summed E-state index contributed by atoms with van der Waals surface area (Å²) < 4.78 is 6.54. The number of carbonyl (C=O) groups is 2. The van der Waals surface area contributed by atoms with Crippen molar-refractivity contribution in [1.29, 1.82) is 0 Å². The molecule has 2 amide bonds. The lowest BCUT2D eigenvalue weighted by molar-refractivity contribution is -0.121. The second-order valence-corrected chi connectivity index (χ2v) is 6.41. The van der Waals surface area contributed by atoms with Crippen molar-refractivity contribution in [2.24, 2.45) is 5.10 Å². The second kappa shape index (κ2) is 9.39. The van der Waals surface area contributed by atoms with Crippen molar-refractivity contribution in [1.82, 2.24) is 10.7 Å². The van der Waals surface area contributed by atoms with Crippen LogP contribution in [0.4, 0.5) is 0 Å². The number of rotatable bonds is 7. The number of halogens is 2. The van der Waals surface area contributed by atoms with Crippen LogP contribution < -0.4 is 10.7 Å². The molecule has 6 nitrogen and oxygen atoms in total. The van der Waals surface area contributed by atoms with Gasteiger partial charge in [0.2, 0.25) is 5.91 Å². The van der Waals surface area contributed by atoms with Gasteiger partial charge in [0.15, 0.2) is 4.67 Å². The Bertz CT molecular complexity index is 744. The molecular weight excluding hydrogens is 442 g/mol. The van der Waals surface area contributed by atoms with Crippen LogP contribution in [0.2, 0.25) is 0 Å². The smallest absolute Gasteiger partial charge is 0.252 e. The number of hydrogen-bond acceptors (Lipinski definition) is 4. The maximum atomic E-state index is 12.0. The summed E-state index contributed by atoms with van der Waals surface area (Å²) in [5.74, 6) is 0.124. The van der Waals surface area contributed by atoms with Gasteiger partial charge in [-0.2, -0.15) is 5.10 Å². The van der Waals surface area contributed by atoms with E-state index in [1.807, 2.05) is 6.07 Å². The van der Waals surface area contributed by atoms with Gasteiger partial charge in [-0.25, -0.2) is 5.43 Å². The molecule has 0 aliphatic rings. The molecule has 24 heavy (non-hydrogen) atoms. The van der Waals surface area contributed by atoms with Gasteiger partial charge in [-0.3, -0.25) is 9.59 Å². The van der Waals surface area contributed by atoms with Gasteiger partial charge >= 0.3 is 0 Å². The third-order valence-electron chi connectivity index (χ3n) is 2.96. The van der Waals surface area contributed by atoms with Crippen LogP contribution in [-0.4, -0.2) is 24.6 Å². The molecule has 0 bridgehead atoms. The normalized spacial score (nSPS) is 10.8. The molecule has 0 atom stereocenters. The second-order valence-electron chi connectivity index (χ2n) is 4.77. The summed E-state index contributed by atoms with van der Waals surface area (Å²) in [6, 6.07) is 10.6. The van der Waals surface area contributed by atoms with Gasteiger partial charge < -0.3 is 9.73 Å². The van der Waals surface area contributed by atoms with Crippen molar-refractivity contribution in [3.05, 3.63) is 56.9 Å². The van der Waals surface area contributed by atoms with Crippen LogP contribution in [0.5, 0.6) is 0 Å². The van der Waals surface area contributed by atoms with Crippen molar-refractivity contribution in [2.75, 3.05) is 6.54 Å². The lowest BCUT2D eigenvalue weighted by atomic mass is 10.2. The first-order valence-corrected chi connectivity index (χ1v) is 8.75. The molecule has 0 unspecified atom stereocenters. The van der Waals surface area contributed by atoms with E-state index in [4.69, 9.17) is 4.42 Å². The number of furan rings is 1. The first kappa shape index (κ1) is 18.4. The highest BCUT2D eigenvalue weighted by Crippen LogP contribution is 2.15. The Kier molecular flexibility index (Phi) is 7.20. The Labute approximate surface area is 155 Å². The van der Waals surface area contributed by atoms with E-state index in [9.17, 15) is 9.59 Å². The summed E-state index contributed by atoms with van der Waals surface area (Å²) in [6.07, 6.45) is 2.19. The fourth-order valence-electron chi connectivity index (χ4n) is 1.81. The summed E-state index contributed by atoms with van der Waals surface area (Å²) in [6.45, 7) is 0.405. The maximum absolute atomic E-state index is 12.0. The summed E-state index contributed by atoms with van der Waals surface area (Å²) in [5.41, 5.74) is 2.97. The van der Waals surface area contributed by atoms with E-state index in [1.165, 1.54) is 6.21 Å². The number of carbonyl (C=O) groups excluding carboxylic acids is 2. The van der Waals surface area contributed by atoms with Gasteiger partial charge in [-0.15, -0.1) is 0 Å². The van der Waals surface area contributed by atoms with E-state index in [0.29, 0.717) is 29.0 Å². The van der Waals surface area contributed by atoms with Crippen LogP contribution in [0.15, 0.2) is 55.1 Å². The van der Waals surface area contributed by atoms with Crippen molar-refractivity contribution in [3.63, 3.8) is 0 Å². The van der Waals surface area contributed by atoms with Crippen LogP contribution in [0.1, 0.15) is 29.0 Å². The van der Waals surface area contributed by atoms with E-state index in [1.54, 1.807) is 30.3 Å². The van der Waals surface area contributed by atoms with E-state index in [2.05, 4.69) is 47.7 Å². The minimum Gasteiger partial charge on any atom is -0.448 e. The number of nitrogens with zero attached hydrogens (tertiary/aromatic N) is 1. The number of hydrazone groups is 1. The van der Waals surface area contributed by atoms with Gasteiger partial charge in [0.25, 0.3) is 5.91 Å². The molecule has 0 radical (unpaired) electrons. The summed E-state index contributed by atoms with van der Waals surface area (Å²) >= 11 is 6.50. The molecule has 0 aliphatic carbocycles. The van der Waals surface area contributed by atoms with Crippen LogP contribution in [0.3, 0.4) is 0 Å². The van der Waals surface area contributed by atoms with E-state index in [-0.39, 0.29) is 18.2 Å². The molecule has 0 spiro atoms. The van der Waals surface area contributed by atoms with Gasteiger partial charge in [0.1, 0.15) is 5.76 Å². The molecule has 8 heteroatoms. The standard InChI is InChI=1S/C16H15Br2N3O3/c17-13-5-2-1-4-12(13)16(23)19-9-3-6-15(22)21-20-10-11-7-8-14(18)24-11/h1-2,4-5,7-8,10H,3,6,9H2,(H,19,23)(H,21,22)/b20-10-. The van der Waals surface area contributed by atoms with Crippen molar-refractivity contribution in [3.8, 4) is 0 Å². The molecule has 0 saturated heterocycles. The van der Waals surface area contributed by atoms with E-state index < -0.39 is 0 Å². The largest absolute Gasteiger partial charge is 0.448 e. The topological polar surface area (TPSA) is 83.7 Å². The zero-order valence-corrected chi connectivity index (χ0v) is 15.8. The quantitative estimate of drug-likeness (QED) is 0.380. The van der Waals surface area contributed by atoms with Gasteiger partial charge in [-0.1, -0.05) is 12.1 Å². The Morgan fingerprint density at radius 1 is 1.17 bits per heavy atom. The highest BCUT2D eigenvalue weighted by Gasteiger charge is 2.08. The van der Waals surface area contributed by atoms with Crippen LogP contribution in [0.25, 0.3) is 0 Å². The summed E-state index contributed by atoms with van der Waals surface area (Å²) in [5, 5.41) is 6.57. The Morgan fingerprint density at radius 2 is 1.96 bits per heavy atom.